The van der Waals surface area contributed by atoms with Gasteiger partial charge in [0.15, 0.2) is 18.1 Å². The van der Waals surface area contributed by atoms with Gasteiger partial charge in [0.25, 0.3) is 0 Å². The van der Waals surface area contributed by atoms with E-state index in [-0.39, 0.29) is 17.1 Å². The second-order valence-corrected chi connectivity index (χ2v) is 5.42. The van der Waals surface area contributed by atoms with Gasteiger partial charge in [0.2, 0.25) is 0 Å². The van der Waals surface area contributed by atoms with E-state index in [4.69, 9.17) is 14.6 Å². The number of aliphatic carboxylic acids is 1. The number of halogens is 1. The van der Waals surface area contributed by atoms with Crippen LogP contribution < -0.4 is 9.47 Å². The highest BCUT2D eigenvalue weighted by Gasteiger charge is 2.21. The standard InChI is InChI=1S/C15H15IO8/c1-21-11-6-8(4-9(14(19)22-2)15(20)23-3)5-10(16)13(11)24-7-12(17)18/h4-6H,7H2,1-3H3,(H,17,18). The first kappa shape index (κ1) is 19.7. The van der Waals surface area contributed by atoms with Gasteiger partial charge in [-0.25, -0.2) is 14.4 Å². The van der Waals surface area contributed by atoms with E-state index in [1.807, 2.05) is 22.6 Å². The third-order valence-electron chi connectivity index (χ3n) is 2.71. The summed E-state index contributed by atoms with van der Waals surface area (Å²) in [7, 11) is 3.67. The van der Waals surface area contributed by atoms with Crippen molar-refractivity contribution in [2.45, 2.75) is 0 Å². The van der Waals surface area contributed by atoms with Gasteiger partial charge in [-0.3, -0.25) is 0 Å². The summed E-state index contributed by atoms with van der Waals surface area (Å²) in [4.78, 5) is 34.0. The van der Waals surface area contributed by atoms with Crippen LogP contribution in [0.4, 0.5) is 0 Å². The highest BCUT2D eigenvalue weighted by Crippen LogP contribution is 2.34. The Morgan fingerprint density at radius 1 is 1.12 bits per heavy atom. The van der Waals surface area contributed by atoms with E-state index >= 15 is 0 Å². The summed E-state index contributed by atoms with van der Waals surface area (Å²) < 4.78 is 20.0. The Balaban J connectivity index is 3.31. The monoisotopic (exact) mass is 450 g/mol. The number of methoxy groups -OCH3 is 3. The molecule has 0 fully saturated rings. The molecule has 0 saturated heterocycles. The Labute approximate surface area is 151 Å². The molecule has 0 bridgehead atoms. The van der Waals surface area contributed by atoms with Gasteiger partial charge in [0.05, 0.1) is 24.9 Å². The molecule has 0 heterocycles. The zero-order chi connectivity index (χ0) is 18.3. The fraction of sp³-hybridized carbons (Fsp3) is 0.267. The fourth-order valence-electron chi connectivity index (χ4n) is 1.68. The highest BCUT2D eigenvalue weighted by molar-refractivity contribution is 14.1. The summed E-state index contributed by atoms with van der Waals surface area (Å²) in [5.41, 5.74) is 0.154. The van der Waals surface area contributed by atoms with E-state index in [9.17, 15) is 14.4 Å². The van der Waals surface area contributed by atoms with E-state index in [0.717, 1.165) is 14.2 Å². The van der Waals surface area contributed by atoms with Crippen LogP contribution in [0.5, 0.6) is 11.5 Å². The average molecular weight is 450 g/mol. The Bertz CT molecular complexity index is 662. The molecule has 0 amide bonds. The molecule has 1 N–H and O–H groups in total. The van der Waals surface area contributed by atoms with Crippen LogP contribution in [0.3, 0.4) is 0 Å². The van der Waals surface area contributed by atoms with Gasteiger partial charge in [-0.2, -0.15) is 0 Å². The Morgan fingerprint density at radius 2 is 1.71 bits per heavy atom. The maximum atomic E-state index is 11.7. The smallest absolute Gasteiger partial charge is 0.345 e. The summed E-state index contributed by atoms with van der Waals surface area (Å²) in [6.07, 6.45) is 1.28. The van der Waals surface area contributed by atoms with Crippen LogP contribution in [0.1, 0.15) is 5.56 Å². The topological polar surface area (TPSA) is 108 Å². The Morgan fingerprint density at radius 3 is 2.17 bits per heavy atom. The number of hydrogen-bond donors (Lipinski definition) is 1. The van der Waals surface area contributed by atoms with Gasteiger partial charge in [0.1, 0.15) is 5.57 Å². The van der Waals surface area contributed by atoms with Crippen molar-refractivity contribution in [1.29, 1.82) is 0 Å². The van der Waals surface area contributed by atoms with Crippen molar-refractivity contribution >= 4 is 46.6 Å². The first-order valence-electron chi connectivity index (χ1n) is 6.44. The Kier molecular flexibility index (Phi) is 7.49. The molecule has 0 radical (unpaired) electrons. The average Bonchev–Trinajstić information content (AvgIpc) is 2.56. The van der Waals surface area contributed by atoms with Crippen LogP contribution in [0, 0.1) is 3.57 Å². The third-order valence-corrected chi connectivity index (χ3v) is 3.51. The van der Waals surface area contributed by atoms with E-state index in [1.54, 1.807) is 6.07 Å². The lowest BCUT2D eigenvalue weighted by Crippen LogP contribution is -2.15. The zero-order valence-corrected chi connectivity index (χ0v) is 15.3. The lowest BCUT2D eigenvalue weighted by Gasteiger charge is -2.12. The molecule has 0 atom stereocenters. The maximum Gasteiger partial charge on any atom is 0.345 e. The van der Waals surface area contributed by atoms with E-state index in [2.05, 4.69) is 9.47 Å². The number of benzene rings is 1. The second kappa shape index (κ2) is 9.11. The number of rotatable bonds is 7. The fourth-order valence-corrected chi connectivity index (χ4v) is 2.47. The number of hydrogen-bond acceptors (Lipinski definition) is 7. The van der Waals surface area contributed by atoms with Crippen LogP contribution in [0.25, 0.3) is 6.08 Å². The number of carboxylic acid groups (broad SMARTS) is 1. The SMILES string of the molecule is COC(=O)C(=Cc1cc(I)c(OCC(=O)O)c(OC)c1)C(=O)OC. The molecule has 0 saturated carbocycles. The third kappa shape index (κ3) is 5.11. The van der Waals surface area contributed by atoms with E-state index in [0.29, 0.717) is 9.13 Å². The molecule has 0 spiro atoms. The number of carbonyl (C=O) groups excluding carboxylic acids is 2. The van der Waals surface area contributed by atoms with Crippen molar-refractivity contribution in [2.24, 2.45) is 0 Å². The molecule has 0 aliphatic carbocycles. The van der Waals surface area contributed by atoms with Crippen molar-refractivity contribution in [2.75, 3.05) is 27.9 Å². The van der Waals surface area contributed by atoms with Crippen LogP contribution in [0.15, 0.2) is 17.7 Å². The molecule has 8 nitrogen and oxygen atoms in total. The minimum Gasteiger partial charge on any atom is -0.493 e. The largest absolute Gasteiger partial charge is 0.493 e. The number of ether oxygens (including phenoxy) is 4. The van der Waals surface area contributed by atoms with Crippen molar-refractivity contribution < 1.29 is 38.4 Å². The molecular weight excluding hydrogens is 435 g/mol. The number of carboxylic acids is 1. The van der Waals surface area contributed by atoms with Crippen LogP contribution in [-0.4, -0.2) is 51.0 Å². The second-order valence-electron chi connectivity index (χ2n) is 4.26. The molecule has 0 aliphatic heterocycles. The highest BCUT2D eigenvalue weighted by atomic mass is 127. The van der Waals surface area contributed by atoms with Crippen molar-refractivity contribution in [3.05, 3.63) is 26.8 Å². The zero-order valence-electron chi connectivity index (χ0n) is 13.1. The van der Waals surface area contributed by atoms with E-state index in [1.165, 1.54) is 19.3 Å². The Hall–Kier alpha value is -2.30. The molecule has 0 aliphatic rings. The number of carbonyl (C=O) groups is 3. The molecule has 1 rings (SSSR count). The first-order chi connectivity index (χ1) is 11.3. The summed E-state index contributed by atoms with van der Waals surface area (Å²) in [6, 6.07) is 3.08. The van der Waals surface area contributed by atoms with Gasteiger partial charge in [-0.1, -0.05) is 0 Å². The molecule has 9 heteroatoms. The molecule has 24 heavy (non-hydrogen) atoms. The lowest BCUT2D eigenvalue weighted by molar-refractivity contribution is -0.144. The summed E-state index contributed by atoms with van der Waals surface area (Å²) in [6.45, 7) is -0.531. The minimum absolute atomic E-state index is 0.246. The van der Waals surface area contributed by atoms with Gasteiger partial charge in [0, 0.05) is 0 Å². The minimum atomic E-state index is -1.13. The predicted molar refractivity (Wildman–Crippen MR) is 90.9 cm³/mol. The van der Waals surface area contributed by atoms with E-state index < -0.39 is 24.5 Å². The molecular formula is C15H15IO8. The van der Waals surface area contributed by atoms with Gasteiger partial charge in [-0.15, -0.1) is 0 Å². The van der Waals surface area contributed by atoms with Gasteiger partial charge >= 0.3 is 17.9 Å². The van der Waals surface area contributed by atoms with Crippen LogP contribution >= 0.6 is 22.6 Å². The normalized spacial score (nSPS) is 9.67. The van der Waals surface area contributed by atoms with Crippen LogP contribution in [-0.2, 0) is 23.9 Å². The predicted octanol–water partition coefficient (Wildman–Crippen LogP) is 1.49. The van der Waals surface area contributed by atoms with Crippen molar-refractivity contribution in [3.63, 3.8) is 0 Å². The summed E-state index contributed by atoms with van der Waals surface area (Å²) >= 11 is 1.92. The molecule has 1 aromatic rings. The van der Waals surface area contributed by atoms with Crippen molar-refractivity contribution in [1.82, 2.24) is 0 Å². The molecule has 1 aromatic carbocycles. The first-order valence-corrected chi connectivity index (χ1v) is 7.52. The quantitative estimate of drug-likeness (QED) is 0.219. The van der Waals surface area contributed by atoms with Crippen molar-refractivity contribution in [3.8, 4) is 11.5 Å². The summed E-state index contributed by atoms with van der Waals surface area (Å²) in [5.74, 6) is -2.32. The number of esters is 2. The lowest BCUT2D eigenvalue weighted by atomic mass is 10.1. The van der Waals surface area contributed by atoms with Gasteiger partial charge < -0.3 is 24.1 Å². The maximum absolute atomic E-state index is 11.7. The summed E-state index contributed by atoms with van der Waals surface area (Å²) in [5, 5.41) is 8.70. The van der Waals surface area contributed by atoms with Gasteiger partial charge in [-0.05, 0) is 46.4 Å². The molecule has 0 aromatic heterocycles. The van der Waals surface area contributed by atoms with Crippen LogP contribution in [0.2, 0.25) is 0 Å². The molecule has 130 valence electrons. The molecule has 0 unspecified atom stereocenters.